The standard InChI is InChI=1S/C11H13N3O3S2/c1-7-9(6-15)4-3-5-10(7)19(16,17)14-11-13-12-8(2)18-11/h3-5,15H,6H2,1-2H3,(H,13,14). The molecule has 1 aromatic heterocycles. The van der Waals surface area contributed by atoms with Crippen LogP contribution in [0.25, 0.3) is 0 Å². The Kier molecular flexibility index (Phi) is 3.83. The maximum absolute atomic E-state index is 12.2. The first-order valence-electron chi connectivity index (χ1n) is 5.46. The van der Waals surface area contributed by atoms with Crippen LogP contribution in [0.5, 0.6) is 0 Å². The average Bonchev–Trinajstić information content (AvgIpc) is 2.74. The van der Waals surface area contributed by atoms with Crippen molar-refractivity contribution < 1.29 is 13.5 Å². The molecule has 0 bridgehead atoms. The van der Waals surface area contributed by atoms with Gasteiger partial charge in [-0.15, -0.1) is 10.2 Å². The molecule has 0 unspecified atom stereocenters. The van der Waals surface area contributed by atoms with Gasteiger partial charge in [0.15, 0.2) is 0 Å². The molecule has 2 rings (SSSR count). The van der Waals surface area contributed by atoms with Gasteiger partial charge in [-0.2, -0.15) is 0 Å². The summed E-state index contributed by atoms with van der Waals surface area (Å²) >= 11 is 1.16. The number of hydrogen-bond donors (Lipinski definition) is 2. The quantitative estimate of drug-likeness (QED) is 0.891. The van der Waals surface area contributed by atoms with Crippen molar-refractivity contribution in [3.8, 4) is 0 Å². The van der Waals surface area contributed by atoms with Crippen molar-refractivity contribution >= 4 is 26.5 Å². The van der Waals surface area contributed by atoms with E-state index in [1.54, 1.807) is 26.0 Å². The van der Waals surface area contributed by atoms with Gasteiger partial charge in [0.25, 0.3) is 10.0 Å². The second kappa shape index (κ2) is 5.24. The topological polar surface area (TPSA) is 92.2 Å². The molecule has 0 spiro atoms. The van der Waals surface area contributed by atoms with Crippen LogP contribution in [0.2, 0.25) is 0 Å². The fraction of sp³-hybridized carbons (Fsp3) is 0.273. The number of nitrogens with zero attached hydrogens (tertiary/aromatic N) is 2. The van der Waals surface area contributed by atoms with E-state index in [2.05, 4.69) is 14.9 Å². The Morgan fingerprint density at radius 2 is 2.05 bits per heavy atom. The van der Waals surface area contributed by atoms with Gasteiger partial charge < -0.3 is 5.11 Å². The lowest BCUT2D eigenvalue weighted by molar-refractivity contribution is 0.280. The molecule has 8 heteroatoms. The number of aromatic nitrogens is 2. The first-order valence-corrected chi connectivity index (χ1v) is 7.76. The number of aliphatic hydroxyl groups excluding tert-OH is 1. The predicted octanol–water partition coefficient (Wildman–Crippen LogP) is 1.45. The molecule has 1 aromatic carbocycles. The molecule has 0 radical (unpaired) electrons. The van der Waals surface area contributed by atoms with Gasteiger partial charge in [-0.25, -0.2) is 8.42 Å². The summed E-state index contributed by atoms with van der Waals surface area (Å²) in [5.41, 5.74) is 1.11. The van der Waals surface area contributed by atoms with E-state index in [4.69, 9.17) is 5.11 Å². The maximum Gasteiger partial charge on any atom is 0.263 e. The lowest BCUT2D eigenvalue weighted by Crippen LogP contribution is -2.15. The minimum Gasteiger partial charge on any atom is -0.392 e. The number of anilines is 1. The third-order valence-corrected chi connectivity index (χ3v) is 4.97. The highest BCUT2D eigenvalue weighted by Gasteiger charge is 2.19. The highest BCUT2D eigenvalue weighted by Crippen LogP contribution is 2.23. The summed E-state index contributed by atoms with van der Waals surface area (Å²) in [7, 11) is -3.72. The Balaban J connectivity index is 2.40. The number of aryl methyl sites for hydroxylation is 1. The predicted molar refractivity (Wildman–Crippen MR) is 72.6 cm³/mol. The Morgan fingerprint density at radius 3 is 2.63 bits per heavy atom. The lowest BCUT2D eigenvalue weighted by atomic mass is 10.1. The van der Waals surface area contributed by atoms with Crippen molar-refractivity contribution in [2.24, 2.45) is 0 Å². The molecule has 6 nitrogen and oxygen atoms in total. The third-order valence-electron chi connectivity index (χ3n) is 2.60. The van der Waals surface area contributed by atoms with E-state index in [1.807, 2.05) is 0 Å². The summed E-state index contributed by atoms with van der Waals surface area (Å²) in [6, 6.07) is 4.77. The Hall–Kier alpha value is -1.51. The molecule has 0 aliphatic carbocycles. The molecule has 0 fully saturated rings. The molecular weight excluding hydrogens is 286 g/mol. The van der Waals surface area contributed by atoms with E-state index < -0.39 is 10.0 Å². The highest BCUT2D eigenvalue weighted by atomic mass is 32.2. The first-order chi connectivity index (χ1) is 8.94. The normalized spacial score (nSPS) is 11.5. The molecule has 0 aliphatic rings. The van der Waals surface area contributed by atoms with Gasteiger partial charge in [-0.1, -0.05) is 23.5 Å². The van der Waals surface area contributed by atoms with E-state index in [9.17, 15) is 8.42 Å². The van der Waals surface area contributed by atoms with Crippen molar-refractivity contribution in [3.63, 3.8) is 0 Å². The van der Waals surface area contributed by atoms with Crippen LogP contribution in [-0.4, -0.2) is 23.7 Å². The number of aliphatic hydroxyl groups is 1. The second-order valence-corrected chi connectivity index (χ2v) is 6.76. The second-order valence-electron chi connectivity index (χ2n) is 3.93. The zero-order chi connectivity index (χ0) is 14.0. The van der Waals surface area contributed by atoms with Gasteiger partial charge in [0.05, 0.1) is 11.5 Å². The molecule has 102 valence electrons. The minimum atomic E-state index is -3.72. The monoisotopic (exact) mass is 299 g/mol. The molecule has 0 atom stereocenters. The van der Waals surface area contributed by atoms with Crippen LogP contribution in [0.15, 0.2) is 23.1 Å². The number of sulfonamides is 1. The van der Waals surface area contributed by atoms with Gasteiger partial charge in [0, 0.05) is 0 Å². The van der Waals surface area contributed by atoms with Crippen molar-refractivity contribution in [1.29, 1.82) is 0 Å². The van der Waals surface area contributed by atoms with Gasteiger partial charge in [-0.3, -0.25) is 4.72 Å². The van der Waals surface area contributed by atoms with Crippen LogP contribution in [0, 0.1) is 13.8 Å². The summed E-state index contributed by atoms with van der Waals surface area (Å²) in [4.78, 5) is 0.131. The van der Waals surface area contributed by atoms with Gasteiger partial charge in [0.1, 0.15) is 5.01 Å². The Labute approximate surface area is 115 Å². The van der Waals surface area contributed by atoms with Gasteiger partial charge in [0.2, 0.25) is 5.13 Å². The van der Waals surface area contributed by atoms with E-state index in [0.717, 1.165) is 11.3 Å². The van der Waals surface area contributed by atoms with Crippen LogP contribution in [0.1, 0.15) is 16.1 Å². The summed E-state index contributed by atoms with van der Waals surface area (Å²) < 4.78 is 26.9. The molecule has 2 N–H and O–H groups in total. The van der Waals surface area contributed by atoms with Crippen LogP contribution in [0.3, 0.4) is 0 Å². The summed E-state index contributed by atoms with van der Waals surface area (Å²) in [6.07, 6.45) is 0. The zero-order valence-electron chi connectivity index (χ0n) is 10.4. The van der Waals surface area contributed by atoms with Gasteiger partial charge >= 0.3 is 0 Å². The fourth-order valence-electron chi connectivity index (χ4n) is 1.63. The average molecular weight is 299 g/mol. The largest absolute Gasteiger partial charge is 0.392 e. The lowest BCUT2D eigenvalue weighted by Gasteiger charge is -2.10. The summed E-state index contributed by atoms with van der Waals surface area (Å²) in [6.45, 7) is 3.20. The zero-order valence-corrected chi connectivity index (χ0v) is 12.0. The molecule has 0 saturated carbocycles. The summed E-state index contributed by atoms with van der Waals surface area (Å²) in [5.74, 6) is 0. The van der Waals surface area contributed by atoms with E-state index >= 15 is 0 Å². The number of rotatable bonds is 4. The van der Waals surface area contributed by atoms with Crippen molar-refractivity contribution in [3.05, 3.63) is 34.3 Å². The van der Waals surface area contributed by atoms with Crippen LogP contribution in [-0.2, 0) is 16.6 Å². The molecule has 1 heterocycles. The Morgan fingerprint density at radius 1 is 1.32 bits per heavy atom. The molecule has 0 saturated heterocycles. The van der Waals surface area contributed by atoms with Crippen LogP contribution in [0.4, 0.5) is 5.13 Å². The molecule has 2 aromatic rings. The first kappa shape index (κ1) is 13.9. The SMILES string of the molecule is Cc1nnc(NS(=O)(=O)c2cccc(CO)c2C)s1. The molecule has 19 heavy (non-hydrogen) atoms. The van der Waals surface area contributed by atoms with Crippen molar-refractivity contribution in [2.45, 2.75) is 25.3 Å². The van der Waals surface area contributed by atoms with Gasteiger partial charge in [-0.05, 0) is 31.0 Å². The smallest absolute Gasteiger partial charge is 0.263 e. The van der Waals surface area contributed by atoms with E-state index in [0.29, 0.717) is 16.1 Å². The molecule has 0 aliphatic heterocycles. The maximum atomic E-state index is 12.2. The van der Waals surface area contributed by atoms with Crippen molar-refractivity contribution in [1.82, 2.24) is 10.2 Å². The van der Waals surface area contributed by atoms with Crippen LogP contribution < -0.4 is 4.72 Å². The molecular formula is C11H13N3O3S2. The highest BCUT2D eigenvalue weighted by molar-refractivity contribution is 7.93. The third kappa shape index (κ3) is 2.91. The van der Waals surface area contributed by atoms with Crippen LogP contribution >= 0.6 is 11.3 Å². The minimum absolute atomic E-state index is 0.131. The van der Waals surface area contributed by atoms with E-state index in [1.165, 1.54) is 6.07 Å². The molecule has 0 amide bonds. The Bertz CT molecular complexity index is 695. The number of benzene rings is 1. The number of nitrogens with one attached hydrogen (secondary N) is 1. The fourth-order valence-corrected chi connectivity index (χ4v) is 3.74. The number of hydrogen-bond acceptors (Lipinski definition) is 6. The van der Waals surface area contributed by atoms with Crippen molar-refractivity contribution in [2.75, 3.05) is 4.72 Å². The van der Waals surface area contributed by atoms with E-state index in [-0.39, 0.29) is 16.6 Å². The summed E-state index contributed by atoms with van der Waals surface area (Å²) in [5, 5.41) is 17.6.